The van der Waals surface area contributed by atoms with Gasteiger partial charge in [-0.3, -0.25) is 4.79 Å². The van der Waals surface area contributed by atoms with Crippen LogP contribution in [0.1, 0.15) is 18.0 Å². The first-order valence-corrected chi connectivity index (χ1v) is 11.1. The number of hydrogen-bond acceptors (Lipinski definition) is 2. The first kappa shape index (κ1) is 15.7. The number of hydrogen-bond donors (Lipinski definition) is 0. The molecule has 0 aromatic heterocycles. The fourth-order valence-corrected chi connectivity index (χ4v) is 3.56. The minimum atomic E-state index is -1.62. The zero-order chi connectivity index (χ0) is 16.6. The lowest BCUT2D eigenvalue weighted by atomic mass is 9.93. The zero-order valence-corrected chi connectivity index (χ0v) is 14.5. The highest BCUT2D eigenvalue weighted by Crippen LogP contribution is 2.39. The van der Waals surface area contributed by atoms with Gasteiger partial charge in [-0.05, 0) is 61.6 Å². The third-order valence-electron chi connectivity index (χ3n) is 3.74. The van der Waals surface area contributed by atoms with Gasteiger partial charge in [0, 0.05) is 5.69 Å². The monoisotopic (exact) mass is 329 g/mol. The van der Waals surface area contributed by atoms with Gasteiger partial charge in [0.25, 0.3) is 0 Å². The van der Waals surface area contributed by atoms with Crippen LogP contribution in [0.3, 0.4) is 0 Å². The predicted molar refractivity (Wildman–Crippen MR) is 91.7 cm³/mol. The molecule has 0 saturated carbocycles. The van der Waals surface area contributed by atoms with Crippen LogP contribution in [0.2, 0.25) is 19.6 Å². The third-order valence-corrected chi connectivity index (χ3v) is 4.59. The Morgan fingerprint density at radius 2 is 1.65 bits per heavy atom. The molecule has 3 nitrogen and oxygen atoms in total. The van der Waals surface area contributed by atoms with Gasteiger partial charge in [-0.25, -0.2) is 4.39 Å². The highest BCUT2D eigenvalue weighted by Gasteiger charge is 2.38. The Balaban J connectivity index is 1.78. The van der Waals surface area contributed by atoms with Gasteiger partial charge in [0.05, 0.1) is 12.5 Å². The van der Waals surface area contributed by atoms with Crippen molar-refractivity contribution < 1.29 is 13.6 Å². The quantitative estimate of drug-likeness (QED) is 0.610. The van der Waals surface area contributed by atoms with Gasteiger partial charge < -0.3 is 9.33 Å². The number of benzene rings is 2. The number of carbonyl (C=O) groups excluding carboxylic acids is 1. The highest BCUT2D eigenvalue weighted by molar-refractivity contribution is 6.70. The summed E-state index contributed by atoms with van der Waals surface area (Å²) in [5, 5.41) is 0. The summed E-state index contributed by atoms with van der Waals surface area (Å²) in [6.45, 7) is 6.42. The number of β-lactam (4-membered cyclic amide) rings is 1. The van der Waals surface area contributed by atoms with E-state index in [1.54, 1.807) is 17.0 Å². The molecular weight excluding hydrogens is 309 g/mol. The molecule has 1 saturated heterocycles. The van der Waals surface area contributed by atoms with Gasteiger partial charge in [-0.2, -0.15) is 0 Å². The Morgan fingerprint density at radius 1 is 1.04 bits per heavy atom. The molecule has 0 unspecified atom stereocenters. The molecule has 23 heavy (non-hydrogen) atoms. The summed E-state index contributed by atoms with van der Waals surface area (Å²) in [5.41, 5.74) is 1.80. The molecular formula is C18H20FNO2Si. The average molecular weight is 329 g/mol. The van der Waals surface area contributed by atoms with E-state index < -0.39 is 8.32 Å². The molecule has 2 aromatic rings. The molecule has 0 spiro atoms. The van der Waals surface area contributed by atoms with Gasteiger partial charge in [-0.1, -0.05) is 12.1 Å². The van der Waals surface area contributed by atoms with Crippen LogP contribution in [0.4, 0.5) is 10.1 Å². The standard InChI is InChI=1S/C18H20FNO2Si/c1-23(2,3)22-16-10-4-13(5-11-16)17-12-18(21)20(17)15-8-6-14(19)7-9-15/h4-11,17H,12H2,1-3H3/t17-/m0/s1. The lowest BCUT2D eigenvalue weighted by Crippen LogP contribution is -2.46. The van der Waals surface area contributed by atoms with E-state index >= 15 is 0 Å². The Bertz CT molecular complexity index is 707. The second kappa shape index (κ2) is 5.81. The van der Waals surface area contributed by atoms with E-state index in [1.165, 1.54) is 12.1 Å². The topological polar surface area (TPSA) is 29.5 Å². The molecule has 1 amide bonds. The Labute approximate surface area is 136 Å². The van der Waals surface area contributed by atoms with Crippen molar-refractivity contribution in [3.63, 3.8) is 0 Å². The molecule has 0 radical (unpaired) electrons. The van der Waals surface area contributed by atoms with Crippen molar-refractivity contribution in [3.8, 4) is 5.75 Å². The van der Waals surface area contributed by atoms with Gasteiger partial charge in [-0.15, -0.1) is 0 Å². The minimum Gasteiger partial charge on any atom is -0.544 e. The van der Waals surface area contributed by atoms with Gasteiger partial charge in [0.1, 0.15) is 11.6 Å². The van der Waals surface area contributed by atoms with Crippen LogP contribution >= 0.6 is 0 Å². The molecule has 0 aliphatic carbocycles. The second-order valence-corrected chi connectivity index (χ2v) is 11.2. The summed E-state index contributed by atoms with van der Waals surface area (Å²) in [4.78, 5) is 13.7. The van der Waals surface area contributed by atoms with E-state index in [2.05, 4.69) is 19.6 Å². The van der Waals surface area contributed by atoms with Gasteiger partial charge >= 0.3 is 0 Å². The van der Waals surface area contributed by atoms with Crippen LogP contribution in [0, 0.1) is 5.82 Å². The number of anilines is 1. The number of carbonyl (C=O) groups is 1. The van der Waals surface area contributed by atoms with Gasteiger partial charge in [0.2, 0.25) is 14.2 Å². The lowest BCUT2D eigenvalue weighted by molar-refractivity contribution is -0.124. The van der Waals surface area contributed by atoms with E-state index in [9.17, 15) is 9.18 Å². The molecule has 1 fully saturated rings. The maximum absolute atomic E-state index is 13.1. The van der Waals surface area contributed by atoms with Crippen LogP contribution in [0.5, 0.6) is 5.75 Å². The summed E-state index contributed by atoms with van der Waals surface area (Å²) in [6.07, 6.45) is 0.478. The third kappa shape index (κ3) is 3.45. The first-order valence-electron chi connectivity index (χ1n) is 7.70. The van der Waals surface area contributed by atoms with Gasteiger partial charge in [0.15, 0.2) is 0 Å². The van der Waals surface area contributed by atoms with Crippen molar-refractivity contribution in [2.45, 2.75) is 32.1 Å². The normalized spacial score (nSPS) is 17.8. The fraction of sp³-hybridized carbons (Fsp3) is 0.278. The molecule has 1 heterocycles. The zero-order valence-electron chi connectivity index (χ0n) is 13.5. The number of nitrogens with zero attached hydrogens (tertiary/aromatic N) is 1. The van der Waals surface area contributed by atoms with Crippen molar-refractivity contribution >= 4 is 19.9 Å². The molecule has 5 heteroatoms. The highest BCUT2D eigenvalue weighted by atomic mass is 28.4. The molecule has 1 atom stereocenters. The Hall–Kier alpha value is -2.14. The molecule has 2 aromatic carbocycles. The van der Waals surface area contributed by atoms with E-state index in [-0.39, 0.29) is 17.8 Å². The Morgan fingerprint density at radius 3 is 2.17 bits per heavy atom. The minimum absolute atomic E-state index is 0.00823. The largest absolute Gasteiger partial charge is 0.544 e. The predicted octanol–water partition coefficient (Wildman–Crippen LogP) is 4.52. The summed E-state index contributed by atoms with van der Waals surface area (Å²) in [7, 11) is -1.62. The molecule has 1 aliphatic heterocycles. The molecule has 0 N–H and O–H groups in total. The van der Waals surface area contributed by atoms with Crippen LogP contribution in [0.15, 0.2) is 48.5 Å². The average Bonchev–Trinajstić information content (AvgIpc) is 2.46. The van der Waals surface area contributed by atoms with E-state index in [1.807, 2.05) is 24.3 Å². The van der Waals surface area contributed by atoms with Crippen molar-refractivity contribution in [3.05, 3.63) is 59.9 Å². The number of halogens is 1. The fourth-order valence-electron chi connectivity index (χ4n) is 2.72. The maximum Gasteiger partial charge on any atom is 0.242 e. The van der Waals surface area contributed by atoms with Crippen LogP contribution in [-0.2, 0) is 4.79 Å². The maximum atomic E-state index is 13.1. The van der Waals surface area contributed by atoms with Crippen molar-refractivity contribution in [1.29, 1.82) is 0 Å². The molecule has 0 bridgehead atoms. The second-order valence-electron chi connectivity index (χ2n) is 6.74. The van der Waals surface area contributed by atoms with E-state index in [0.717, 1.165) is 17.0 Å². The smallest absolute Gasteiger partial charge is 0.242 e. The lowest BCUT2D eigenvalue weighted by Gasteiger charge is -2.40. The van der Waals surface area contributed by atoms with E-state index in [4.69, 9.17) is 4.43 Å². The SMILES string of the molecule is C[Si](C)(C)Oc1ccc([C@@H]2CC(=O)N2c2ccc(F)cc2)cc1. The van der Waals surface area contributed by atoms with Crippen LogP contribution in [0.25, 0.3) is 0 Å². The van der Waals surface area contributed by atoms with E-state index in [0.29, 0.717) is 6.42 Å². The van der Waals surface area contributed by atoms with Crippen LogP contribution < -0.4 is 9.33 Å². The number of amides is 1. The Kier molecular flexibility index (Phi) is 3.98. The summed E-state index contributed by atoms with van der Waals surface area (Å²) < 4.78 is 19.0. The van der Waals surface area contributed by atoms with Crippen LogP contribution in [-0.4, -0.2) is 14.2 Å². The molecule has 1 aliphatic rings. The molecule has 3 rings (SSSR count). The summed E-state index contributed by atoms with van der Waals surface area (Å²) in [5.74, 6) is 0.627. The summed E-state index contributed by atoms with van der Waals surface area (Å²) >= 11 is 0. The first-order chi connectivity index (χ1) is 10.8. The number of rotatable bonds is 4. The van der Waals surface area contributed by atoms with Crippen molar-refractivity contribution in [2.75, 3.05) is 4.90 Å². The molecule has 120 valence electrons. The van der Waals surface area contributed by atoms with Crippen molar-refractivity contribution in [2.24, 2.45) is 0 Å². The summed E-state index contributed by atoms with van der Waals surface area (Å²) in [6, 6.07) is 14.0. The van der Waals surface area contributed by atoms with Crippen molar-refractivity contribution in [1.82, 2.24) is 0 Å².